The predicted octanol–water partition coefficient (Wildman–Crippen LogP) is 4.26. The molecule has 0 saturated carbocycles. The summed E-state index contributed by atoms with van der Waals surface area (Å²) in [7, 11) is -4.36. The van der Waals surface area contributed by atoms with Crippen LogP contribution in [-0.2, 0) is 32.6 Å². The first-order valence-electron chi connectivity index (χ1n) is 10.1. The van der Waals surface area contributed by atoms with Gasteiger partial charge in [-0.25, -0.2) is 4.57 Å². The minimum Gasteiger partial charge on any atom is -0.381 e. The summed E-state index contributed by atoms with van der Waals surface area (Å²) in [5.41, 5.74) is 0. The fraction of sp³-hybridized carbons (Fsp3) is 1.00. The molecule has 0 aliphatic carbocycles. The van der Waals surface area contributed by atoms with Crippen LogP contribution in [0.2, 0.25) is 0 Å². The summed E-state index contributed by atoms with van der Waals surface area (Å²) in [6.07, 6.45) is 2.27. The largest absolute Gasteiger partial charge is 0.476 e. The fourth-order valence-electron chi connectivity index (χ4n) is 2.01. The summed E-state index contributed by atoms with van der Waals surface area (Å²) < 4.78 is 44.7. The average molecular weight is 414 g/mol. The molecule has 0 aliphatic heterocycles. The molecule has 0 amide bonds. The highest BCUT2D eigenvalue weighted by Gasteiger charge is 2.31. The van der Waals surface area contributed by atoms with Gasteiger partial charge in [0.05, 0.1) is 13.2 Å². The predicted molar refractivity (Wildman–Crippen MR) is 104 cm³/mol. The highest BCUT2D eigenvalue weighted by molar-refractivity contribution is 7.47. The Morgan fingerprint density at radius 2 is 1.04 bits per heavy atom. The zero-order valence-corrected chi connectivity index (χ0v) is 18.3. The number of phosphoric acid groups is 1. The maximum atomic E-state index is 12.4. The monoisotopic (exact) mass is 414 g/mol. The van der Waals surface area contributed by atoms with E-state index in [1.54, 1.807) is 0 Å². The maximum Gasteiger partial charge on any atom is 0.476 e. The SMILES string of the molecule is CCCOCCC(OCCC)OP(=O)(O)OC(CCOCCC)OCCC. The van der Waals surface area contributed by atoms with Gasteiger partial charge in [0.25, 0.3) is 0 Å². The van der Waals surface area contributed by atoms with Gasteiger partial charge in [0.15, 0.2) is 12.6 Å². The van der Waals surface area contributed by atoms with Crippen LogP contribution in [0.4, 0.5) is 0 Å². The van der Waals surface area contributed by atoms with Crippen molar-refractivity contribution in [1.82, 2.24) is 0 Å². The van der Waals surface area contributed by atoms with Crippen LogP contribution in [0, 0.1) is 0 Å². The number of ether oxygens (including phenoxy) is 4. The second-order valence-electron chi connectivity index (χ2n) is 6.08. The van der Waals surface area contributed by atoms with Gasteiger partial charge >= 0.3 is 7.82 Å². The summed E-state index contributed by atoms with van der Waals surface area (Å²) in [5, 5.41) is 0. The van der Waals surface area contributed by atoms with Crippen LogP contribution in [-0.4, -0.2) is 57.1 Å². The summed E-state index contributed by atoms with van der Waals surface area (Å²) in [4.78, 5) is 10.1. The van der Waals surface area contributed by atoms with Crippen molar-refractivity contribution in [3.05, 3.63) is 0 Å². The number of hydrogen-bond acceptors (Lipinski definition) is 7. The molecule has 0 aromatic heterocycles. The van der Waals surface area contributed by atoms with E-state index in [4.69, 9.17) is 28.0 Å². The van der Waals surface area contributed by atoms with E-state index >= 15 is 0 Å². The van der Waals surface area contributed by atoms with E-state index in [-0.39, 0.29) is 0 Å². The molecule has 8 nitrogen and oxygen atoms in total. The van der Waals surface area contributed by atoms with E-state index < -0.39 is 20.4 Å². The fourth-order valence-corrected chi connectivity index (χ4v) is 2.98. The summed E-state index contributed by atoms with van der Waals surface area (Å²) in [5.74, 6) is 0. The van der Waals surface area contributed by atoms with Gasteiger partial charge in [0.1, 0.15) is 0 Å². The third kappa shape index (κ3) is 16.6. The van der Waals surface area contributed by atoms with E-state index in [9.17, 15) is 9.46 Å². The van der Waals surface area contributed by atoms with Gasteiger partial charge in [-0.1, -0.05) is 27.7 Å². The Balaban J connectivity index is 4.60. The second-order valence-corrected chi connectivity index (χ2v) is 7.44. The van der Waals surface area contributed by atoms with E-state index in [1.165, 1.54) is 0 Å². The van der Waals surface area contributed by atoms with Crippen LogP contribution < -0.4 is 0 Å². The zero-order chi connectivity index (χ0) is 20.4. The molecule has 9 heteroatoms. The molecule has 0 spiro atoms. The Morgan fingerprint density at radius 1 is 0.667 bits per heavy atom. The molecule has 2 atom stereocenters. The Labute approximate surface area is 164 Å². The first kappa shape index (κ1) is 27.0. The molecule has 0 fully saturated rings. The van der Waals surface area contributed by atoms with Crippen molar-refractivity contribution in [2.75, 3.05) is 39.6 Å². The normalized spacial score (nSPS) is 16.2. The zero-order valence-electron chi connectivity index (χ0n) is 17.4. The molecule has 164 valence electrons. The Hall–Kier alpha value is -0.0500. The topological polar surface area (TPSA) is 92.7 Å². The lowest BCUT2D eigenvalue weighted by atomic mass is 10.4. The molecular formula is C18H39O8P. The minimum absolute atomic E-state index is 0.341. The highest BCUT2D eigenvalue weighted by Crippen LogP contribution is 2.47. The van der Waals surface area contributed by atoms with Crippen LogP contribution in [0.3, 0.4) is 0 Å². The maximum absolute atomic E-state index is 12.4. The molecule has 2 unspecified atom stereocenters. The van der Waals surface area contributed by atoms with Crippen molar-refractivity contribution in [1.29, 1.82) is 0 Å². The van der Waals surface area contributed by atoms with E-state index in [1.807, 2.05) is 27.7 Å². The Bertz CT molecular complexity index is 339. The summed E-state index contributed by atoms with van der Waals surface area (Å²) in [6.45, 7) is 10.8. The molecule has 0 saturated heterocycles. The third-order valence-electron chi connectivity index (χ3n) is 3.21. The van der Waals surface area contributed by atoms with Gasteiger partial charge in [-0.05, 0) is 25.7 Å². The first-order valence-corrected chi connectivity index (χ1v) is 11.6. The van der Waals surface area contributed by atoms with Crippen molar-refractivity contribution in [3.63, 3.8) is 0 Å². The van der Waals surface area contributed by atoms with E-state index in [0.717, 1.165) is 25.7 Å². The van der Waals surface area contributed by atoms with Gasteiger partial charge in [-0.3, -0.25) is 9.05 Å². The van der Waals surface area contributed by atoms with E-state index in [2.05, 4.69) is 0 Å². The second kappa shape index (κ2) is 18.0. The van der Waals surface area contributed by atoms with Crippen LogP contribution in [0.15, 0.2) is 0 Å². The minimum atomic E-state index is -4.36. The first-order chi connectivity index (χ1) is 13.0. The molecule has 0 heterocycles. The van der Waals surface area contributed by atoms with E-state index in [0.29, 0.717) is 52.5 Å². The standard InChI is InChI=1S/C18H39O8P/c1-5-11-21-15-9-17(23-13-7-3)25-27(19,20)26-18(24-14-8-4)10-16-22-12-6-2/h17-18H,5-16H2,1-4H3,(H,19,20). The highest BCUT2D eigenvalue weighted by atomic mass is 31.2. The lowest BCUT2D eigenvalue weighted by Crippen LogP contribution is -2.23. The molecule has 27 heavy (non-hydrogen) atoms. The smallest absolute Gasteiger partial charge is 0.381 e. The summed E-state index contributed by atoms with van der Waals surface area (Å²) >= 11 is 0. The Morgan fingerprint density at radius 3 is 1.37 bits per heavy atom. The summed E-state index contributed by atoms with van der Waals surface area (Å²) in [6, 6.07) is 0. The molecule has 1 N–H and O–H groups in total. The van der Waals surface area contributed by atoms with Crippen LogP contribution in [0.1, 0.15) is 66.2 Å². The van der Waals surface area contributed by atoms with Crippen LogP contribution in [0.5, 0.6) is 0 Å². The van der Waals surface area contributed by atoms with Crippen LogP contribution >= 0.6 is 7.82 Å². The molecule has 0 rings (SSSR count). The average Bonchev–Trinajstić information content (AvgIpc) is 2.63. The van der Waals surface area contributed by atoms with Crippen LogP contribution in [0.25, 0.3) is 0 Å². The third-order valence-corrected chi connectivity index (χ3v) is 4.21. The number of hydrogen-bond donors (Lipinski definition) is 1. The number of phosphoric ester groups is 1. The molecule has 0 aromatic rings. The van der Waals surface area contributed by atoms with Crippen molar-refractivity contribution < 1.29 is 37.5 Å². The van der Waals surface area contributed by atoms with Gasteiger partial charge in [0.2, 0.25) is 0 Å². The molecular weight excluding hydrogens is 375 g/mol. The van der Waals surface area contributed by atoms with Gasteiger partial charge in [0, 0.05) is 39.3 Å². The van der Waals surface area contributed by atoms with Gasteiger partial charge in [-0.15, -0.1) is 0 Å². The molecule has 0 aromatic carbocycles. The molecule has 0 bridgehead atoms. The van der Waals surface area contributed by atoms with Crippen molar-refractivity contribution in [2.45, 2.75) is 78.8 Å². The van der Waals surface area contributed by atoms with Crippen molar-refractivity contribution in [3.8, 4) is 0 Å². The quantitative estimate of drug-likeness (QED) is 0.179. The Kier molecular flexibility index (Phi) is 18.0. The van der Waals surface area contributed by atoms with Crippen molar-refractivity contribution in [2.24, 2.45) is 0 Å². The van der Waals surface area contributed by atoms with Crippen molar-refractivity contribution >= 4 is 7.82 Å². The van der Waals surface area contributed by atoms with Gasteiger partial charge < -0.3 is 23.8 Å². The lowest BCUT2D eigenvalue weighted by molar-refractivity contribution is -0.140. The van der Waals surface area contributed by atoms with Gasteiger partial charge in [-0.2, -0.15) is 0 Å². The molecule has 0 radical (unpaired) electrons. The lowest BCUT2D eigenvalue weighted by Gasteiger charge is -2.24. The number of rotatable bonds is 20. The molecule has 0 aliphatic rings.